The zero-order valence-corrected chi connectivity index (χ0v) is 9.54. The summed E-state index contributed by atoms with van der Waals surface area (Å²) < 4.78 is 43.5. The van der Waals surface area contributed by atoms with Crippen molar-refractivity contribution in [3.63, 3.8) is 0 Å². The molecular formula is C12H13F3O2. The molecule has 0 saturated carbocycles. The molecule has 2 nitrogen and oxygen atoms in total. The van der Waals surface area contributed by atoms with Gasteiger partial charge in [-0.05, 0) is 31.5 Å². The van der Waals surface area contributed by atoms with Crippen LogP contribution in [0.2, 0.25) is 0 Å². The maximum atomic E-state index is 12.8. The Morgan fingerprint density at radius 2 is 1.76 bits per heavy atom. The fourth-order valence-corrected chi connectivity index (χ4v) is 1.36. The molecular weight excluding hydrogens is 233 g/mol. The van der Waals surface area contributed by atoms with Gasteiger partial charge in [0, 0.05) is 0 Å². The van der Waals surface area contributed by atoms with Gasteiger partial charge in [0.15, 0.2) is 0 Å². The normalized spacial score (nSPS) is 15.1. The molecule has 5 heteroatoms. The second kappa shape index (κ2) is 4.77. The lowest BCUT2D eigenvalue weighted by atomic mass is 9.83. The molecule has 1 rings (SSSR count). The minimum Gasteiger partial charge on any atom is -0.494 e. The molecule has 1 aromatic rings. The van der Waals surface area contributed by atoms with Crippen molar-refractivity contribution in [3.05, 3.63) is 29.8 Å². The van der Waals surface area contributed by atoms with E-state index < -0.39 is 11.6 Å². The third-order valence-corrected chi connectivity index (χ3v) is 2.59. The van der Waals surface area contributed by atoms with E-state index in [1.54, 1.807) is 6.92 Å². The zero-order chi connectivity index (χ0) is 13.1. The molecule has 0 radical (unpaired) electrons. The van der Waals surface area contributed by atoms with Crippen molar-refractivity contribution < 1.29 is 22.7 Å². The summed E-state index contributed by atoms with van der Waals surface area (Å²) in [6.07, 6.45) is -4.69. The van der Waals surface area contributed by atoms with Gasteiger partial charge < -0.3 is 9.53 Å². The van der Waals surface area contributed by atoms with E-state index in [-0.39, 0.29) is 11.8 Å². The molecule has 0 aliphatic heterocycles. The number of hydrogen-bond acceptors (Lipinski definition) is 2. The highest BCUT2D eigenvalue weighted by atomic mass is 19.4. The van der Waals surface area contributed by atoms with Crippen LogP contribution in [-0.4, -0.2) is 19.1 Å². The van der Waals surface area contributed by atoms with Crippen LogP contribution in [0.25, 0.3) is 0 Å². The van der Waals surface area contributed by atoms with Gasteiger partial charge in [-0.25, -0.2) is 0 Å². The van der Waals surface area contributed by atoms with Gasteiger partial charge in [0.25, 0.3) is 0 Å². The first-order valence-electron chi connectivity index (χ1n) is 5.11. The Labute approximate surface area is 97.4 Å². The first-order chi connectivity index (χ1) is 7.85. The SMILES string of the molecule is CCOc1ccc(C(C)(C=O)C(F)(F)F)cc1. The number of carbonyl (C=O) groups excluding carboxylic acids is 1. The van der Waals surface area contributed by atoms with Gasteiger partial charge in [-0.2, -0.15) is 13.2 Å². The van der Waals surface area contributed by atoms with Crippen LogP contribution >= 0.6 is 0 Å². The van der Waals surface area contributed by atoms with Crippen LogP contribution in [-0.2, 0) is 10.2 Å². The summed E-state index contributed by atoms with van der Waals surface area (Å²) in [5.41, 5.74) is -2.57. The zero-order valence-electron chi connectivity index (χ0n) is 9.54. The van der Waals surface area contributed by atoms with Crippen LogP contribution in [0.15, 0.2) is 24.3 Å². The second-order valence-corrected chi connectivity index (χ2v) is 3.78. The van der Waals surface area contributed by atoms with Crippen LogP contribution in [0.1, 0.15) is 19.4 Å². The molecule has 1 aromatic carbocycles. The van der Waals surface area contributed by atoms with Gasteiger partial charge >= 0.3 is 6.18 Å². The molecule has 1 unspecified atom stereocenters. The van der Waals surface area contributed by atoms with Crippen LogP contribution in [0.3, 0.4) is 0 Å². The molecule has 0 saturated heterocycles. The first kappa shape index (κ1) is 13.5. The Kier molecular flexibility index (Phi) is 3.80. The van der Waals surface area contributed by atoms with Crippen LogP contribution in [0.4, 0.5) is 13.2 Å². The van der Waals surface area contributed by atoms with Gasteiger partial charge in [0.05, 0.1) is 6.61 Å². The Morgan fingerprint density at radius 1 is 1.24 bits per heavy atom. The molecule has 0 bridgehead atoms. The summed E-state index contributed by atoms with van der Waals surface area (Å²) in [5.74, 6) is 0.478. The molecule has 0 aliphatic carbocycles. The van der Waals surface area contributed by atoms with Crippen molar-refractivity contribution in [3.8, 4) is 5.75 Å². The van der Waals surface area contributed by atoms with Crippen molar-refractivity contribution in [2.75, 3.05) is 6.61 Å². The van der Waals surface area contributed by atoms with Crippen molar-refractivity contribution in [1.29, 1.82) is 0 Å². The average molecular weight is 246 g/mol. The van der Waals surface area contributed by atoms with Crippen molar-refractivity contribution in [2.45, 2.75) is 25.4 Å². The Morgan fingerprint density at radius 3 is 2.12 bits per heavy atom. The third-order valence-electron chi connectivity index (χ3n) is 2.59. The van der Waals surface area contributed by atoms with E-state index in [1.807, 2.05) is 0 Å². The summed E-state index contributed by atoms with van der Waals surface area (Å²) >= 11 is 0. The third kappa shape index (κ3) is 2.60. The standard InChI is InChI=1S/C12H13F3O2/c1-3-17-10-6-4-9(5-7-10)11(2,8-16)12(13,14)15/h4-8H,3H2,1-2H3. The lowest BCUT2D eigenvalue weighted by molar-refractivity contribution is -0.183. The fraction of sp³-hybridized carbons (Fsp3) is 0.417. The Hall–Kier alpha value is -1.52. The summed E-state index contributed by atoms with van der Waals surface area (Å²) in [6, 6.07) is 5.36. The van der Waals surface area contributed by atoms with Crippen LogP contribution < -0.4 is 4.74 Å². The highest BCUT2D eigenvalue weighted by Crippen LogP contribution is 2.39. The highest BCUT2D eigenvalue weighted by Gasteiger charge is 2.52. The van der Waals surface area contributed by atoms with E-state index >= 15 is 0 Å². The van der Waals surface area contributed by atoms with E-state index in [4.69, 9.17) is 4.74 Å². The molecule has 94 valence electrons. The molecule has 17 heavy (non-hydrogen) atoms. The summed E-state index contributed by atoms with van der Waals surface area (Å²) in [6.45, 7) is 3.07. The summed E-state index contributed by atoms with van der Waals surface area (Å²) in [7, 11) is 0. The van der Waals surface area contributed by atoms with Gasteiger partial charge in [-0.1, -0.05) is 12.1 Å². The fourth-order valence-electron chi connectivity index (χ4n) is 1.36. The largest absolute Gasteiger partial charge is 0.494 e. The van der Waals surface area contributed by atoms with E-state index in [9.17, 15) is 18.0 Å². The predicted molar refractivity (Wildman–Crippen MR) is 57.1 cm³/mol. The number of alkyl halides is 3. The topological polar surface area (TPSA) is 26.3 Å². The van der Waals surface area contributed by atoms with E-state index in [0.717, 1.165) is 6.92 Å². The maximum Gasteiger partial charge on any atom is 0.404 e. The average Bonchev–Trinajstić information content (AvgIpc) is 2.28. The van der Waals surface area contributed by atoms with Gasteiger partial charge in [-0.3, -0.25) is 0 Å². The minimum absolute atomic E-state index is 0.0807. The van der Waals surface area contributed by atoms with Gasteiger partial charge in [0.2, 0.25) is 0 Å². The molecule has 0 spiro atoms. The quantitative estimate of drug-likeness (QED) is 0.763. The minimum atomic E-state index is -4.61. The summed E-state index contributed by atoms with van der Waals surface area (Å²) in [5, 5.41) is 0. The number of ether oxygens (including phenoxy) is 1. The van der Waals surface area contributed by atoms with E-state index in [2.05, 4.69) is 0 Å². The van der Waals surface area contributed by atoms with Gasteiger partial charge in [0.1, 0.15) is 17.5 Å². The second-order valence-electron chi connectivity index (χ2n) is 3.78. The van der Waals surface area contributed by atoms with Crippen molar-refractivity contribution in [2.24, 2.45) is 0 Å². The van der Waals surface area contributed by atoms with Crippen molar-refractivity contribution >= 4 is 6.29 Å². The smallest absolute Gasteiger partial charge is 0.404 e. The van der Waals surface area contributed by atoms with E-state index in [0.29, 0.717) is 12.4 Å². The van der Waals surface area contributed by atoms with Crippen LogP contribution in [0.5, 0.6) is 5.75 Å². The monoisotopic (exact) mass is 246 g/mol. The summed E-state index contributed by atoms with van der Waals surface area (Å²) in [4.78, 5) is 10.7. The number of aldehydes is 1. The number of halogens is 3. The number of carbonyl (C=O) groups is 1. The molecule has 0 aliphatic rings. The molecule has 1 atom stereocenters. The van der Waals surface area contributed by atoms with E-state index in [1.165, 1.54) is 24.3 Å². The molecule has 0 N–H and O–H groups in total. The lowest BCUT2D eigenvalue weighted by Crippen LogP contribution is -2.40. The number of hydrogen-bond donors (Lipinski definition) is 0. The van der Waals surface area contributed by atoms with Crippen LogP contribution in [0, 0.1) is 0 Å². The Bertz CT molecular complexity index is 384. The Balaban J connectivity index is 3.10. The first-order valence-corrected chi connectivity index (χ1v) is 5.11. The molecule has 0 aromatic heterocycles. The highest BCUT2D eigenvalue weighted by molar-refractivity contribution is 5.69. The van der Waals surface area contributed by atoms with Crippen molar-refractivity contribution in [1.82, 2.24) is 0 Å². The van der Waals surface area contributed by atoms with Gasteiger partial charge in [-0.15, -0.1) is 0 Å². The number of benzene rings is 1. The molecule has 0 fully saturated rings. The maximum absolute atomic E-state index is 12.8. The predicted octanol–water partition coefficient (Wildman–Crippen LogP) is 3.10. The number of rotatable bonds is 4. The molecule has 0 heterocycles. The lowest BCUT2D eigenvalue weighted by Gasteiger charge is -2.26. The molecule has 0 amide bonds.